The van der Waals surface area contributed by atoms with Gasteiger partial charge in [0.25, 0.3) is 5.91 Å². The zero-order valence-electron chi connectivity index (χ0n) is 34.9. The number of carbonyl (C=O) groups excluding carboxylic acids is 4. The highest BCUT2D eigenvalue weighted by molar-refractivity contribution is 7.21. The van der Waals surface area contributed by atoms with Crippen LogP contribution >= 0.6 is 11.3 Å². The molecule has 0 radical (unpaired) electrons. The fourth-order valence-corrected chi connectivity index (χ4v) is 10.9. The number of aryl methyl sites for hydroxylation is 2. The minimum atomic E-state index is -0.688. The van der Waals surface area contributed by atoms with Gasteiger partial charge >= 0.3 is 5.69 Å². The Kier molecular flexibility index (Phi) is 11.5. The number of aromatic nitrogens is 3. The second-order valence-electron chi connectivity index (χ2n) is 17.2. The fourth-order valence-electron chi connectivity index (χ4n) is 9.79. The van der Waals surface area contributed by atoms with Crippen LogP contribution < -0.4 is 27.0 Å². The minimum Gasteiger partial charge on any atom is -0.381 e. The van der Waals surface area contributed by atoms with E-state index in [1.807, 2.05) is 25.1 Å². The number of nitrogens with one attached hydrogen (secondary N) is 4. The standard InChI is InChI=1S/C48H53N7O5S/c1-28-27-49-43-42-34-20-21-35(52-36(34)22-24-39(42)61-45(43)47(59)50-28)32-13-8-12-31(26-32)29-16-18-33(19-17-29)51-40(56)15-7-5-3-4-6-10-30-11-9-14-37-44(30)54(2)48(60)55(37)38-23-25-41(57)53-46(38)58/h8-9,11-14,20-22,24,26,28-29,33,38,49H,3-7,10,15-19,23,25,27H2,1-2H3,(H,50,59)(H,51,56)(H,53,57,58)/t28-,29?,33?,38?/m1/s1. The van der Waals surface area contributed by atoms with Crippen LogP contribution in [-0.4, -0.2) is 56.4 Å². The molecule has 3 aliphatic rings. The zero-order valence-corrected chi connectivity index (χ0v) is 35.7. The van der Waals surface area contributed by atoms with Gasteiger partial charge in [-0.3, -0.25) is 33.6 Å². The molecule has 3 aromatic carbocycles. The molecule has 1 saturated carbocycles. The molecule has 5 heterocycles. The number of imidazole rings is 1. The minimum absolute atomic E-state index is 0.0257. The SMILES string of the molecule is C[C@@H]1CNc2c(sc3ccc4nc(-c5cccc(C6CCC(NC(=O)CCCCCCCc7cccc8c7n(C)c(=O)n8C7CCC(=O)NC7=O)CC6)c5)ccc4c23)C(=O)N1. The van der Waals surface area contributed by atoms with Crippen molar-refractivity contribution in [3.63, 3.8) is 0 Å². The summed E-state index contributed by atoms with van der Waals surface area (Å²) in [4.78, 5) is 69.2. The molecule has 0 spiro atoms. The van der Waals surface area contributed by atoms with Gasteiger partial charge in [-0.15, -0.1) is 11.3 Å². The lowest BCUT2D eigenvalue weighted by atomic mass is 9.81. The van der Waals surface area contributed by atoms with Crippen molar-refractivity contribution in [3.8, 4) is 11.3 Å². The number of thiophene rings is 1. The molecule has 0 bridgehead atoms. The predicted octanol–water partition coefficient (Wildman–Crippen LogP) is 8.02. The van der Waals surface area contributed by atoms with Crippen molar-refractivity contribution in [1.82, 2.24) is 30.1 Å². The number of carbonyl (C=O) groups is 4. The molecular weight excluding hydrogens is 787 g/mol. The summed E-state index contributed by atoms with van der Waals surface area (Å²) in [6, 6.07) is 22.6. The van der Waals surface area contributed by atoms with Gasteiger partial charge in [-0.05, 0) is 112 Å². The summed E-state index contributed by atoms with van der Waals surface area (Å²) >= 11 is 1.52. The molecule has 316 valence electrons. The number of amides is 4. The summed E-state index contributed by atoms with van der Waals surface area (Å²) in [5, 5.41) is 14.4. The van der Waals surface area contributed by atoms with Crippen LogP contribution in [0.1, 0.15) is 117 Å². The number of para-hydroxylation sites is 1. The number of piperidine rings is 1. The van der Waals surface area contributed by atoms with Gasteiger partial charge in [-0.25, -0.2) is 9.78 Å². The third-order valence-corrected chi connectivity index (χ3v) is 14.1. The summed E-state index contributed by atoms with van der Waals surface area (Å²) in [5.41, 5.74) is 7.56. The molecule has 1 saturated heterocycles. The van der Waals surface area contributed by atoms with E-state index in [-0.39, 0.29) is 41.9 Å². The number of imide groups is 1. The summed E-state index contributed by atoms with van der Waals surface area (Å²) < 4.78 is 4.24. The molecule has 1 aliphatic carbocycles. The summed E-state index contributed by atoms with van der Waals surface area (Å²) in [5.74, 6) is -0.163. The van der Waals surface area contributed by atoms with Gasteiger partial charge < -0.3 is 16.0 Å². The number of pyridine rings is 1. The number of hydrogen-bond donors (Lipinski definition) is 4. The lowest BCUT2D eigenvalue weighted by Crippen LogP contribution is -2.44. The van der Waals surface area contributed by atoms with Crippen LogP contribution in [-0.2, 0) is 27.9 Å². The molecule has 61 heavy (non-hydrogen) atoms. The van der Waals surface area contributed by atoms with Gasteiger partial charge in [-0.1, -0.05) is 49.6 Å². The van der Waals surface area contributed by atoms with Gasteiger partial charge in [-0.2, -0.15) is 0 Å². The maximum atomic E-state index is 13.2. The Balaban J connectivity index is 0.727. The van der Waals surface area contributed by atoms with Gasteiger partial charge in [0.2, 0.25) is 17.7 Å². The molecule has 9 rings (SSSR count). The number of anilines is 1. The average Bonchev–Trinajstić information content (AvgIpc) is 3.72. The Morgan fingerprint density at radius 3 is 2.54 bits per heavy atom. The second-order valence-corrected chi connectivity index (χ2v) is 18.3. The molecule has 2 fully saturated rings. The Bertz CT molecular complexity index is 2740. The van der Waals surface area contributed by atoms with Gasteiger partial charge in [0.05, 0.1) is 27.9 Å². The van der Waals surface area contributed by atoms with Gasteiger partial charge in [0, 0.05) is 59.6 Å². The van der Waals surface area contributed by atoms with Crippen molar-refractivity contribution >= 4 is 72.7 Å². The van der Waals surface area contributed by atoms with E-state index in [0.717, 1.165) is 124 Å². The van der Waals surface area contributed by atoms with Crippen LogP contribution in [0.5, 0.6) is 0 Å². The quantitative estimate of drug-likeness (QED) is 0.0719. The molecule has 1 unspecified atom stereocenters. The summed E-state index contributed by atoms with van der Waals surface area (Å²) in [6.45, 7) is 2.69. The van der Waals surface area contributed by atoms with E-state index in [1.54, 1.807) is 11.6 Å². The maximum Gasteiger partial charge on any atom is 0.329 e. The fraction of sp³-hybridized carbons (Fsp3) is 0.417. The second kappa shape index (κ2) is 17.3. The molecule has 12 nitrogen and oxygen atoms in total. The topological polar surface area (TPSA) is 156 Å². The third kappa shape index (κ3) is 8.19. The molecule has 2 aliphatic heterocycles. The van der Waals surface area contributed by atoms with E-state index in [0.29, 0.717) is 25.3 Å². The van der Waals surface area contributed by atoms with Gasteiger partial charge in [0.15, 0.2) is 0 Å². The predicted molar refractivity (Wildman–Crippen MR) is 241 cm³/mol. The van der Waals surface area contributed by atoms with Crippen LogP contribution in [0.4, 0.5) is 5.69 Å². The Morgan fingerprint density at radius 2 is 1.70 bits per heavy atom. The largest absolute Gasteiger partial charge is 0.381 e. The van der Waals surface area contributed by atoms with Crippen LogP contribution in [0.25, 0.3) is 43.3 Å². The molecule has 13 heteroatoms. The highest BCUT2D eigenvalue weighted by Gasteiger charge is 2.32. The zero-order chi connectivity index (χ0) is 42.2. The number of nitrogens with zero attached hydrogens (tertiary/aromatic N) is 3. The molecular formula is C48H53N7O5S. The van der Waals surface area contributed by atoms with Crippen molar-refractivity contribution in [3.05, 3.63) is 93.2 Å². The average molecular weight is 840 g/mol. The van der Waals surface area contributed by atoms with Crippen molar-refractivity contribution in [2.24, 2.45) is 7.05 Å². The maximum absolute atomic E-state index is 13.2. The first-order valence-electron chi connectivity index (χ1n) is 22.0. The molecule has 4 amide bonds. The smallest absolute Gasteiger partial charge is 0.329 e. The Morgan fingerprint density at radius 1 is 0.902 bits per heavy atom. The van der Waals surface area contributed by atoms with Crippen molar-refractivity contribution in [2.75, 3.05) is 11.9 Å². The summed E-state index contributed by atoms with van der Waals surface area (Å²) in [6.07, 6.45) is 10.8. The van der Waals surface area contributed by atoms with Crippen LogP contribution in [0.2, 0.25) is 0 Å². The Hall–Kier alpha value is -5.82. The van der Waals surface area contributed by atoms with Crippen LogP contribution in [0.15, 0.2) is 71.5 Å². The normalized spacial score (nSPS) is 20.6. The highest BCUT2D eigenvalue weighted by Crippen LogP contribution is 2.42. The number of fused-ring (bicyclic) bond motifs is 6. The van der Waals surface area contributed by atoms with Crippen molar-refractivity contribution < 1.29 is 19.2 Å². The van der Waals surface area contributed by atoms with E-state index in [4.69, 9.17) is 4.98 Å². The van der Waals surface area contributed by atoms with E-state index < -0.39 is 11.9 Å². The molecule has 3 aromatic heterocycles. The van der Waals surface area contributed by atoms with E-state index in [9.17, 15) is 24.0 Å². The van der Waals surface area contributed by atoms with E-state index in [2.05, 4.69) is 69.8 Å². The number of hydrogen-bond acceptors (Lipinski definition) is 8. The lowest BCUT2D eigenvalue weighted by Gasteiger charge is -2.29. The third-order valence-electron chi connectivity index (χ3n) is 13.0. The first-order valence-corrected chi connectivity index (χ1v) is 22.8. The first kappa shape index (κ1) is 40.6. The van der Waals surface area contributed by atoms with Crippen molar-refractivity contribution in [2.45, 2.75) is 114 Å². The monoisotopic (exact) mass is 839 g/mol. The lowest BCUT2D eigenvalue weighted by molar-refractivity contribution is -0.135. The van der Waals surface area contributed by atoms with Crippen LogP contribution in [0, 0.1) is 0 Å². The van der Waals surface area contributed by atoms with Crippen molar-refractivity contribution in [1.29, 1.82) is 0 Å². The van der Waals surface area contributed by atoms with Crippen LogP contribution in [0.3, 0.4) is 0 Å². The Labute approximate surface area is 358 Å². The molecule has 4 N–H and O–H groups in total. The van der Waals surface area contributed by atoms with E-state index in [1.165, 1.54) is 21.5 Å². The highest BCUT2D eigenvalue weighted by atomic mass is 32.1. The number of rotatable bonds is 12. The number of benzene rings is 3. The molecule has 6 aromatic rings. The first-order chi connectivity index (χ1) is 29.6. The molecule has 2 atom stereocenters. The number of unbranched alkanes of at least 4 members (excludes halogenated alkanes) is 4. The van der Waals surface area contributed by atoms with E-state index >= 15 is 0 Å². The summed E-state index contributed by atoms with van der Waals surface area (Å²) in [7, 11) is 1.74. The van der Waals surface area contributed by atoms with Gasteiger partial charge in [0.1, 0.15) is 10.9 Å².